The van der Waals surface area contributed by atoms with E-state index in [2.05, 4.69) is 13.8 Å². The lowest BCUT2D eigenvalue weighted by Crippen LogP contribution is -2.50. The van der Waals surface area contributed by atoms with E-state index in [-0.39, 0.29) is 11.0 Å². The Balaban J connectivity index is 1.30. The van der Waals surface area contributed by atoms with E-state index >= 15 is 0 Å². The first-order chi connectivity index (χ1) is 15.9. The summed E-state index contributed by atoms with van der Waals surface area (Å²) in [5, 5.41) is 1.64. The topological polar surface area (TPSA) is 52.0 Å². The van der Waals surface area contributed by atoms with Gasteiger partial charge in [-0.3, -0.25) is 14.2 Å². The van der Waals surface area contributed by atoms with E-state index < -0.39 is 0 Å². The van der Waals surface area contributed by atoms with E-state index in [0.29, 0.717) is 24.0 Å². The first-order valence-corrected chi connectivity index (χ1v) is 14.9. The number of nitrogens with zero attached hydrogens (tertiary/aromatic N) is 2. The number of carbonyl (C=O) groups is 1. The maximum absolute atomic E-state index is 13.7. The van der Waals surface area contributed by atoms with Crippen LogP contribution >= 0.6 is 23.1 Å². The number of carbonyl (C=O) groups excluding carboxylic acids is 1. The summed E-state index contributed by atoms with van der Waals surface area (Å²) in [6.07, 6.45) is 12.8. The first kappa shape index (κ1) is 22.3. The third-order valence-electron chi connectivity index (χ3n) is 8.93. The largest absolute Gasteiger partial charge is 0.298 e. The van der Waals surface area contributed by atoms with Crippen molar-refractivity contribution in [2.24, 2.45) is 29.1 Å². The van der Waals surface area contributed by atoms with E-state index in [1.165, 1.54) is 54.3 Å². The maximum atomic E-state index is 13.7. The van der Waals surface area contributed by atoms with Gasteiger partial charge in [-0.15, -0.1) is 11.3 Å². The monoisotopic (exact) mass is 484 g/mol. The Bertz CT molecular complexity index is 1110. The van der Waals surface area contributed by atoms with E-state index in [1.54, 1.807) is 11.3 Å². The number of thioether (sulfide) groups is 1. The molecule has 4 bridgehead atoms. The number of ketones is 1. The molecule has 0 unspecified atom stereocenters. The van der Waals surface area contributed by atoms with Crippen molar-refractivity contribution >= 4 is 39.1 Å². The fraction of sp³-hybridized carbons (Fsp3) is 0.741. The molecule has 5 aliphatic carbocycles. The predicted octanol–water partition coefficient (Wildman–Crippen LogP) is 6.26. The number of fused-ring (bicyclic) bond motifs is 3. The third kappa shape index (κ3) is 3.93. The highest BCUT2D eigenvalue weighted by Gasteiger charge is 2.54. The van der Waals surface area contributed by atoms with Gasteiger partial charge < -0.3 is 0 Å². The Morgan fingerprint density at radius 3 is 2.45 bits per heavy atom. The third-order valence-corrected chi connectivity index (χ3v) is 11.1. The van der Waals surface area contributed by atoms with Crippen LogP contribution in [0.2, 0.25) is 0 Å². The minimum atomic E-state index is -0.0725. The van der Waals surface area contributed by atoms with Gasteiger partial charge in [0.2, 0.25) is 0 Å². The van der Waals surface area contributed by atoms with Crippen molar-refractivity contribution < 1.29 is 4.79 Å². The highest BCUT2D eigenvalue weighted by atomic mass is 32.2. The van der Waals surface area contributed by atoms with Gasteiger partial charge in [0.05, 0.1) is 11.1 Å². The molecule has 0 aromatic carbocycles. The molecule has 0 N–H and O–H groups in total. The van der Waals surface area contributed by atoms with Crippen LogP contribution in [-0.2, 0) is 24.2 Å². The summed E-state index contributed by atoms with van der Waals surface area (Å²) in [7, 11) is 0. The molecule has 178 valence electrons. The van der Waals surface area contributed by atoms with Crippen molar-refractivity contribution in [1.29, 1.82) is 0 Å². The van der Waals surface area contributed by atoms with Crippen LogP contribution in [0.15, 0.2) is 9.95 Å². The Labute approximate surface area is 204 Å². The average molecular weight is 485 g/mol. The molecule has 4 saturated carbocycles. The summed E-state index contributed by atoms with van der Waals surface area (Å²) < 4.78 is 1.90. The van der Waals surface area contributed by atoms with Gasteiger partial charge in [0.25, 0.3) is 5.56 Å². The molecule has 0 spiro atoms. The molecule has 7 rings (SSSR count). The number of Topliss-reactive ketones (excluding diaryl/α,β-unsaturated/α-hetero) is 1. The van der Waals surface area contributed by atoms with Gasteiger partial charge in [0, 0.05) is 16.8 Å². The SMILES string of the molecule is CC(C)CCn1c(SCC(=O)C23CC4CC(CC(C4)C2)C3)nc2sc3c(c2c1=O)CCCC3. The number of aryl methyl sites for hydroxylation is 2. The van der Waals surface area contributed by atoms with Crippen molar-refractivity contribution in [2.45, 2.75) is 96.2 Å². The smallest absolute Gasteiger partial charge is 0.263 e. The van der Waals surface area contributed by atoms with Crippen molar-refractivity contribution in [1.82, 2.24) is 9.55 Å². The fourth-order valence-electron chi connectivity index (χ4n) is 7.65. The number of thiophene rings is 1. The highest BCUT2D eigenvalue weighted by Crippen LogP contribution is 2.60. The summed E-state index contributed by atoms with van der Waals surface area (Å²) >= 11 is 3.26. The molecule has 0 amide bonds. The Morgan fingerprint density at radius 2 is 1.79 bits per heavy atom. The standard InChI is InChI=1S/C27H36N2O2S2/c1-16(2)7-8-29-25(31)23-20-5-3-4-6-21(20)33-24(23)28-26(29)32-15-22(30)27-12-17-9-18(13-27)11-19(10-17)14-27/h16-19H,3-15H2,1-2H3. The molecule has 0 saturated heterocycles. The van der Waals surface area contributed by atoms with Crippen molar-refractivity contribution in [3.05, 3.63) is 20.8 Å². The molecule has 0 aliphatic heterocycles. The number of aromatic nitrogens is 2. The van der Waals surface area contributed by atoms with E-state index in [0.717, 1.165) is 71.7 Å². The lowest BCUT2D eigenvalue weighted by atomic mass is 9.48. The molecule has 2 aromatic heterocycles. The molecule has 2 heterocycles. The average Bonchev–Trinajstić information content (AvgIpc) is 3.14. The van der Waals surface area contributed by atoms with Gasteiger partial charge in [-0.2, -0.15) is 0 Å². The molecular formula is C27H36N2O2S2. The normalized spacial score (nSPS) is 30.3. The summed E-state index contributed by atoms with van der Waals surface area (Å²) in [6, 6.07) is 0. The van der Waals surface area contributed by atoms with Crippen LogP contribution < -0.4 is 5.56 Å². The predicted molar refractivity (Wildman–Crippen MR) is 136 cm³/mol. The minimum Gasteiger partial charge on any atom is -0.298 e. The molecular weight excluding hydrogens is 448 g/mol. The van der Waals surface area contributed by atoms with E-state index in [4.69, 9.17) is 4.98 Å². The number of hydrogen-bond donors (Lipinski definition) is 0. The molecule has 33 heavy (non-hydrogen) atoms. The van der Waals surface area contributed by atoms with Crippen LogP contribution in [0.1, 0.15) is 82.1 Å². The van der Waals surface area contributed by atoms with E-state index in [1.807, 2.05) is 4.57 Å². The van der Waals surface area contributed by atoms with Gasteiger partial charge in [-0.25, -0.2) is 4.98 Å². The second-order valence-corrected chi connectivity index (χ2v) is 13.9. The minimum absolute atomic E-state index is 0.0725. The van der Waals surface area contributed by atoms with Crippen LogP contribution in [0.5, 0.6) is 0 Å². The number of hydrogen-bond acceptors (Lipinski definition) is 5. The van der Waals surface area contributed by atoms with Crippen LogP contribution in [0.3, 0.4) is 0 Å². The summed E-state index contributed by atoms with van der Waals surface area (Å²) in [5.74, 6) is 3.76. The Morgan fingerprint density at radius 1 is 1.12 bits per heavy atom. The highest BCUT2D eigenvalue weighted by molar-refractivity contribution is 7.99. The maximum Gasteiger partial charge on any atom is 0.263 e. The molecule has 4 nitrogen and oxygen atoms in total. The summed E-state index contributed by atoms with van der Waals surface area (Å²) in [4.78, 5) is 34.6. The molecule has 6 heteroatoms. The zero-order chi connectivity index (χ0) is 22.7. The molecule has 2 aromatic rings. The molecule has 5 aliphatic rings. The van der Waals surface area contributed by atoms with Crippen LogP contribution in [0, 0.1) is 29.1 Å². The Kier molecular flexibility index (Phi) is 5.76. The van der Waals surface area contributed by atoms with Gasteiger partial charge in [-0.1, -0.05) is 25.6 Å². The quantitative estimate of drug-likeness (QED) is 0.344. The lowest BCUT2D eigenvalue weighted by Gasteiger charge is -2.56. The van der Waals surface area contributed by atoms with Crippen LogP contribution in [-0.4, -0.2) is 21.1 Å². The zero-order valence-corrected chi connectivity index (χ0v) is 21.7. The molecule has 4 fully saturated rings. The second-order valence-electron chi connectivity index (χ2n) is 11.8. The Hall–Kier alpha value is -1.14. The fourth-order valence-corrected chi connectivity index (χ4v) is 10.0. The second kappa shape index (κ2) is 8.51. The molecule has 0 radical (unpaired) electrons. The van der Waals surface area contributed by atoms with Crippen LogP contribution in [0.4, 0.5) is 0 Å². The summed E-state index contributed by atoms with van der Waals surface area (Å²) in [6.45, 7) is 5.09. The molecule has 0 atom stereocenters. The van der Waals surface area contributed by atoms with Crippen molar-refractivity contribution in [3.8, 4) is 0 Å². The van der Waals surface area contributed by atoms with E-state index in [9.17, 15) is 9.59 Å². The van der Waals surface area contributed by atoms with Crippen molar-refractivity contribution in [2.75, 3.05) is 5.75 Å². The first-order valence-electron chi connectivity index (χ1n) is 13.1. The van der Waals surface area contributed by atoms with Gasteiger partial charge >= 0.3 is 0 Å². The van der Waals surface area contributed by atoms with Gasteiger partial charge in [0.15, 0.2) is 5.16 Å². The van der Waals surface area contributed by atoms with Gasteiger partial charge in [0.1, 0.15) is 10.6 Å². The number of rotatable bonds is 7. The van der Waals surface area contributed by atoms with Crippen molar-refractivity contribution in [3.63, 3.8) is 0 Å². The van der Waals surface area contributed by atoms with Gasteiger partial charge in [-0.05, 0) is 99.9 Å². The summed E-state index contributed by atoms with van der Waals surface area (Å²) in [5.41, 5.74) is 1.32. The van der Waals surface area contributed by atoms with Crippen LogP contribution in [0.25, 0.3) is 10.2 Å². The lowest BCUT2D eigenvalue weighted by molar-refractivity contribution is -0.141. The zero-order valence-electron chi connectivity index (χ0n) is 20.0.